The molecule has 1 aliphatic heterocycles. The molecular weight excluding hydrogens is 428 g/mol. The number of thioether (sulfide) groups is 1. The second-order valence-corrected chi connectivity index (χ2v) is 9.60. The van der Waals surface area contributed by atoms with E-state index in [-0.39, 0.29) is 5.91 Å². The highest BCUT2D eigenvalue weighted by atomic mass is 32.2. The predicted molar refractivity (Wildman–Crippen MR) is 123 cm³/mol. The molecule has 1 fully saturated rings. The van der Waals surface area contributed by atoms with Gasteiger partial charge in [-0.2, -0.15) is 0 Å². The van der Waals surface area contributed by atoms with Gasteiger partial charge in [0.15, 0.2) is 11.0 Å². The number of thiazole rings is 1. The first kappa shape index (κ1) is 20.1. The Labute approximate surface area is 188 Å². The van der Waals surface area contributed by atoms with Crippen LogP contribution in [0.5, 0.6) is 0 Å². The fraction of sp³-hybridized carbons (Fsp3) is 0.318. The van der Waals surface area contributed by atoms with Crippen LogP contribution in [0.4, 0.5) is 0 Å². The standard InChI is InChI=1S/C22H22N6OS2/c1-27-20(15-6-4-10-23-12-15)25-26-22(27)30-14-19(29)28-11-5-7-16(13-28)21-24-17-8-2-3-9-18(17)31-21/h2-4,6,8-10,12,16H,5,7,11,13-14H2,1H3/t16-/m1/s1. The molecule has 4 heterocycles. The normalized spacial score (nSPS) is 16.7. The number of rotatable bonds is 5. The topological polar surface area (TPSA) is 76.8 Å². The highest BCUT2D eigenvalue weighted by Gasteiger charge is 2.27. The lowest BCUT2D eigenvalue weighted by molar-refractivity contribution is -0.129. The number of para-hydroxylation sites is 1. The van der Waals surface area contributed by atoms with Crippen LogP contribution in [0.1, 0.15) is 23.8 Å². The molecule has 0 N–H and O–H groups in total. The number of amides is 1. The van der Waals surface area contributed by atoms with Gasteiger partial charge in [0.05, 0.1) is 21.0 Å². The molecule has 5 rings (SSSR count). The number of carbonyl (C=O) groups is 1. The van der Waals surface area contributed by atoms with E-state index >= 15 is 0 Å². The van der Waals surface area contributed by atoms with Crippen molar-refractivity contribution in [2.75, 3.05) is 18.8 Å². The highest BCUT2D eigenvalue weighted by Crippen LogP contribution is 2.33. The predicted octanol–water partition coefficient (Wildman–Crippen LogP) is 3.99. The van der Waals surface area contributed by atoms with Crippen molar-refractivity contribution in [1.29, 1.82) is 0 Å². The lowest BCUT2D eigenvalue weighted by atomic mass is 9.99. The third-order valence-electron chi connectivity index (χ3n) is 5.51. The first-order valence-corrected chi connectivity index (χ1v) is 12.0. The van der Waals surface area contributed by atoms with Crippen LogP contribution in [0.15, 0.2) is 53.9 Å². The van der Waals surface area contributed by atoms with Crippen LogP contribution < -0.4 is 0 Å². The number of carbonyl (C=O) groups excluding carboxylic acids is 1. The van der Waals surface area contributed by atoms with E-state index in [1.165, 1.54) is 16.5 Å². The Hall–Kier alpha value is -2.78. The number of nitrogens with zero attached hydrogens (tertiary/aromatic N) is 6. The lowest BCUT2D eigenvalue weighted by Gasteiger charge is -2.31. The second-order valence-electron chi connectivity index (χ2n) is 7.59. The Balaban J connectivity index is 1.23. The molecule has 0 aliphatic carbocycles. The van der Waals surface area contributed by atoms with Crippen molar-refractivity contribution in [3.63, 3.8) is 0 Å². The lowest BCUT2D eigenvalue weighted by Crippen LogP contribution is -2.40. The van der Waals surface area contributed by atoms with Gasteiger partial charge >= 0.3 is 0 Å². The van der Waals surface area contributed by atoms with Crippen LogP contribution in [-0.2, 0) is 11.8 Å². The molecule has 9 heteroatoms. The number of fused-ring (bicyclic) bond motifs is 1. The van der Waals surface area contributed by atoms with Crippen molar-refractivity contribution in [3.05, 3.63) is 53.8 Å². The fourth-order valence-corrected chi connectivity index (χ4v) is 5.78. The Morgan fingerprint density at radius 3 is 2.97 bits per heavy atom. The zero-order valence-electron chi connectivity index (χ0n) is 17.1. The Bertz CT molecular complexity index is 1170. The molecule has 1 aromatic carbocycles. The van der Waals surface area contributed by atoms with Gasteiger partial charge in [0.25, 0.3) is 0 Å². The summed E-state index contributed by atoms with van der Waals surface area (Å²) in [6.07, 6.45) is 5.58. The van der Waals surface area contributed by atoms with E-state index in [2.05, 4.69) is 27.3 Å². The first-order valence-electron chi connectivity index (χ1n) is 10.2. The smallest absolute Gasteiger partial charge is 0.233 e. The van der Waals surface area contributed by atoms with E-state index in [1.807, 2.05) is 40.8 Å². The molecular formula is C22H22N6OS2. The van der Waals surface area contributed by atoms with Gasteiger partial charge < -0.3 is 9.47 Å². The second kappa shape index (κ2) is 8.76. The van der Waals surface area contributed by atoms with E-state index in [4.69, 9.17) is 4.98 Å². The molecule has 7 nitrogen and oxygen atoms in total. The van der Waals surface area contributed by atoms with E-state index in [1.54, 1.807) is 23.7 Å². The number of aromatic nitrogens is 5. The van der Waals surface area contributed by atoms with Gasteiger partial charge in [-0.05, 0) is 37.1 Å². The monoisotopic (exact) mass is 450 g/mol. The van der Waals surface area contributed by atoms with Crippen molar-refractivity contribution < 1.29 is 4.79 Å². The number of piperidine rings is 1. The van der Waals surface area contributed by atoms with Crippen LogP contribution in [0.3, 0.4) is 0 Å². The number of benzene rings is 1. The average molecular weight is 451 g/mol. The Kier molecular flexibility index (Phi) is 5.69. The third kappa shape index (κ3) is 4.20. The first-order chi connectivity index (χ1) is 15.2. The molecule has 31 heavy (non-hydrogen) atoms. The van der Waals surface area contributed by atoms with Crippen LogP contribution in [0.2, 0.25) is 0 Å². The molecule has 1 aliphatic rings. The minimum atomic E-state index is 0.140. The summed E-state index contributed by atoms with van der Waals surface area (Å²) in [5.74, 6) is 1.55. The van der Waals surface area contributed by atoms with Gasteiger partial charge in [0.2, 0.25) is 5.91 Å². The number of likely N-dealkylation sites (tertiary alicyclic amines) is 1. The summed E-state index contributed by atoms with van der Waals surface area (Å²) in [6.45, 7) is 1.54. The summed E-state index contributed by atoms with van der Waals surface area (Å²) in [7, 11) is 1.92. The molecule has 4 aromatic rings. The van der Waals surface area contributed by atoms with Crippen LogP contribution in [-0.4, -0.2) is 54.4 Å². The molecule has 0 bridgehead atoms. The zero-order chi connectivity index (χ0) is 21.2. The molecule has 0 saturated carbocycles. The van der Waals surface area contributed by atoms with Crippen LogP contribution >= 0.6 is 23.1 Å². The van der Waals surface area contributed by atoms with E-state index < -0.39 is 0 Å². The molecule has 1 amide bonds. The van der Waals surface area contributed by atoms with Crippen LogP contribution in [0, 0.1) is 0 Å². The maximum absolute atomic E-state index is 12.9. The van der Waals surface area contributed by atoms with E-state index in [0.29, 0.717) is 11.7 Å². The maximum Gasteiger partial charge on any atom is 0.233 e. The van der Waals surface area contributed by atoms with Gasteiger partial charge in [0.1, 0.15) is 0 Å². The summed E-state index contributed by atoms with van der Waals surface area (Å²) in [5.41, 5.74) is 1.96. The number of hydrogen-bond acceptors (Lipinski definition) is 7. The molecule has 3 aromatic heterocycles. The summed E-state index contributed by atoms with van der Waals surface area (Å²) in [4.78, 5) is 23.9. The Morgan fingerprint density at radius 1 is 1.23 bits per heavy atom. The molecule has 0 unspecified atom stereocenters. The van der Waals surface area contributed by atoms with E-state index in [0.717, 1.165) is 53.0 Å². The van der Waals surface area contributed by atoms with Gasteiger partial charge in [0, 0.05) is 44.0 Å². The fourth-order valence-electron chi connectivity index (χ4n) is 3.87. The van der Waals surface area contributed by atoms with E-state index in [9.17, 15) is 4.79 Å². The SMILES string of the molecule is Cn1c(SCC(=O)N2CCC[C@@H](c3nc4ccccc4s3)C2)nnc1-c1cccnc1. The molecule has 158 valence electrons. The summed E-state index contributed by atoms with van der Waals surface area (Å²) >= 11 is 3.18. The van der Waals surface area contributed by atoms with Crippen molar-refractivity contribution in [3.8, 4) is 11.4 Å². The van der Waals surface area contributed by atoms with Gasteiger partial charge in [-0.1, -0.05) is 23.9 Å². The van der Waals surface area contributed by atoms with Gasteiger partial charge in [-0.15, -0.1) is 21.5 Å². The van der Waals surface area contributed by atoms with Gasteiger partial charge in [-0.25, -0.2) is 4.98 Å². The van der Waals surface area contributed by atoms with Crippen molar-refractivity contribution in [1.82, 2.24) is 29.6 Å². The molecule has 0 spiro atoms. The Morgan fingerprint density at radius 2 is 2.13 bits per heavy atom. The van der Waals surface area contributed by atoms with Crippen molar-refractivity contribution >= 4 is 39.2 Å². The largest absolute Gasteiger partial charge is 0.341 e. The number of hydrogen-bond donors (Lipinski definition) is 0. The summed E-state index contributed by atoms with van der Waals surface area (Å²) < 4.78 is 3.12. The van der Waals surface area contributed by atoms with Crippen molar-refractivity contribution in [2.24, 2.45) is 7.05 Å². The van der Waals surface area contributed by atoms with Gasteiger partial charge in [-0.3, -0.25) is 9.78 Å². The van der Waals surface area contributed by atoms with Crippen molar-refractivity contribution in [2.45, 2.75) is 23.9 Å². The zero-order valence-corrected chi connectivity index (χ0v) is 18.8. The minimum absolute atomic E-state index is 0.140. The molecule has 0 radical (unpaired) electrons. The minimum Gasteiger partial charge on any atom is -0.341 e. The molecule has 1 atom stereocenters. The number of pyridine rings is 1. The quantitative estimate of drug-likeness (QED) is 0.428. The maximum atomic E-state index is 12.9. The highest BCUT2D eigenvalue weighted by molar-refractivity contribution is 7.99. The van der Waals surface area contributed by atoms with Crippen LogP contribution in [0.25, 0.3) is 21.6 Å². The summed E-state index contributed by atoms with van der Waals surface area (Å²) in [6, 6.07) is 12.1. The average Bonchev–Trinajstić information content (AvgIpc) is 3.41. The third-order valence-corrected chi connectivity index (χ3v) is 7.72. The molecule has 1 saturated heterocycles. The summed E-state index contributed by atoms with van der Waals surface area (Å²) in [5, 5.41) is 10.4.